The summed E-state index contributed by atoms with van der Waals surface area (Å²) in [7, 11) is 0. The maximum absolute atomic E-state index is 12.5. The zero-order chi connectivity index (χ0) is 57.8. The first kappa shape index (κ1) is 78.3. The molecule has 2 atom stereocenters. The molecule has 0 fully saturated rings. The first-order valence-electron chi connectivity index (χ1n) is 36.6. The monoisotopic (exact) mass is 1130 g/mol. The Labute approximate surface area is 501 Å². The van der Waals surface area contributed by atoms with Gasteiger partial charge in [0.1, 0.15) is 0 Å². The highest BCUT2D eigenvalue weighted by molar-refractivity contribution is 5.76. The topological polar surface area (TPSA) is 95.9 Å². The van der Waals surface area contributed by atoms with E-state index in [0.29, 0.717) is 25.9 Å². The summed E-state index contributed by atoms with van der Waals surface area (Å²) in [4.78, 5) is 24.6. The molecule has 0 saturated carbocycles. The molecule has 2 unspecified atom stereocenters. The first-order valence-corrected chi connectivity index (χ1v) is 36.6. The number of esters is 1. The Kier molecular flexibility index (Phi) is 68.4. The Morgan fingerprint density at radius 3 is 0.963 bits per heavy atom. The van der Waals surface area contributed by atoms with Crippen LogP contribution in [0, 0.1) is 0 Å². The quantitative estimate of drug-likeness (QED) is 0.0320. The van der Waals surface area contributed by atoms with E-state index in [-0.39, 0.29) is 18.5 Å². The van der Waals surface area contributed by atoms with Crippen molar-refractivity contribution in [3.63, 3.8) is 0 Å². The lowest BCUT2D eigenvalue weighted by Crippen LogP contribution is -2.45. The number of unbranched alkanes of at least 4 members (excludes halogenated alkanes) is 54. The van der Waals surface area contributed by atoms with Crippen molar-refractivity contribution in [3.05, 3.63) is 24.3 Å². The van der Waals surface area contributed by atoms with E-state index in [4.69, 9.17) is 4.74 Å². The van der Waals surface area contributed by atoms with Gasteiger partial charge in [-0.3, -0.25) is 9.59 Å². The third-order valence-electron chi connectivity index (χ3n) is 17.3. The molecule has 0 aromatic heterocycles. The van der Waals surface area contributed by atoms with Crippen molar-refractivity contribution in [3.8, 4) is 0 Å². The van der Waals surface area contributed by atoms with Gasteiger partial charge in [-0.25, -0.2) is 0 Å². The maximum atomic E-state index is 12.5. The number of carbonyl (C=O) groups is 2. The SMILES string of the molecule is CCCCCC/C=C\C/C=C\CCCCCCCCCC(=O)OCCCCCCCCCCCCCCCCCCCCCCCCCCCCCCCCC(=O)NC(CO)C(O)CCCCCCCCCCCCCCCCC. The Hall–Kier alpha value is -1.66. The van der Waals surface area contributed by atoms with Gasteiger partial charge >= 0.3 is 5.97 Å². The van der Waals surface area contributed by atoms with Gasteiger partial charge in [-0.2, -0.15) is 0 Å². The molecule has 0 aliphatic heterocycles. The van der Waals surface area contributed by atoms with Crippen LogP contribution in [0.1, 0.15) is 412 Å². The summed E-state index contributed by atoms with van der Waals surface area (Å²) in [5.41, 5.74) is 0. The van der Waals surface area contributed by atoms with Crippen molar-refractivity contribution < 1.29 is 24.5 Å². The fraction of sp³-hybridized carbons (Fsp3) is 0.919. The number of ether oxygens (including phenoxy) is 1. The zero-order valence-corrected chi connectivity index (χ0v) is 54.3. The molecule has 6 nitrogen and oxygen atoms in total. The van der Waals surface area contributed by atoms with Gasteiger partial charge in [-0.15, -0.1) is 0 Å². The molecule has 0 aromatic rings. The number of hydrogen-bond donors (Lipinski definition) is 3. The molecule has 3 N–H and O–H groups in total. The molecule has 6 heteroatoms. The van der Waals surface area contributed by atoms with Crippen LogP contribution >= 0.6 is 0 Å². The van der Waals surface area contributed by atoms with Crippen LogP contribution in [0.15, 0.2) is 24.3 Å². The average Bonchev–Trinajstić information content (AvgIpc) is 3.46. The third kappa shape index (κ3) is 65.5. The highest BCUT2D eigenvalue weighted by Gasteiger charge is 2.20. The number of aliphatic hydroxyl groups is 2. The summed E-state index contributed by atoms with van der Waals surface area (Å²) in [5, 5.41) is 23.3. The Balaban J connectivity index is 3.32. The normalized spacial score (nSPS) is 12.6. The largest absolute Gasteiger partial charge is 0.466 e. The van der Waals surface area contributed by atoms with Gasteiger partial charge in [0.05, 0.1) is 25.4 Å². The van der Waals surface area contributed by atoms with Crippen LogP contribution in [-0.2, 0) is 14.3 Å². The van der Waals surface area contributed by atoms with Crippen LogP contribution in [0.4, 0.5) is 0 Å². The minimum atomic E-state index is -0.661. The number of aliphatic hydroxyl groups excluding tert-OH is 2. The van der Waals surface area contributed by atoms with Crippen LogP contribution in [0.2, 0.25) is 0 Å². The summed E-state index contributed by atoms with van der Waals surface area (Å²) < 4.78 is 5.51. The Morgan fingerprint density at radius 2 is 0.625 bits per heavy atom. The molecule has 0 aromatic carbocycles. The lowest BCUT2D eigenvalue weighted by molar-refractivity contribution is -0.143. The molecule has 0 radical (unpaired) electrons. The van der Waals surface area contributed by atoms with E-state index in [1.807, 2.05) is 0 Å². The minimum absolute atomic E-state index is 0.0135. The summed E-state index contributed by atoms with van der Waals surface area (Å²) in [6.07, 6.45) is 88.1. The number of nitrogens with one attached hydrogen (secondary N) is 1. The summed E-state index contributed by atoms with van der Waals surface area (Å²) in [5.74, 6) is -0.0144. The highest BCUT2D eigenvalue weighted by atomic mass is 16.5. The van der Waals surface area contributed by atoms with E-state index >= 15 is 0 Å². The van der Waals surface area contributed by atoms with Gasteiger partial charge in [0.15, 0.2) is 0 Å². The minimum Gasteiger partial charge on any atom is -0.466 e. The number of rotatable bonds is 69. The van der Waals surface area contributed by atoms with E-state index in [2.05, 4.69) is 43.5 Å². The Morgan fingerprint density at radius 1 is 0.350 bits per heavy atom. The van der Waals surface area contributed by atoms with Gasteiger partial charge in [0, 0.05) is 12.8 Å². The van der Waals surface area contributed by atoms with Gasteiger partial charge in [0.2, 0.25) is 5.91 Å². The van der Waals surface area contributed by atoms with Crippen LogP contribution in [-0.4, -0.2) is 47.4 Å². The molecule has 0 saturated heterocycles. The predicted octanol–water partition coefficient (Wildman–Crippen LogP) is 23.7. The highest BCUT2D eigenvalue weighted by Crippen LogP contribution is 2.19. The second-order valence-electron chi connectivity index (χ2n) is 25.3. The number of allylic oxidation sites excluding steroid dienone is 4. The standard InChI is InChI=1S/C74H143NO5/c1-3-5-7-9-11-13-15-17-19-20-36-40-44-48-52-56-60-64-68-74(79)80-69-65-61-57-53-49-45-41-37-34-32-30-28-26-24-22-21-23-25-27-29-31-33-35-39-43-47-51-55-59-63-67-73(78)75-71(70-76)72(77)66-62-58-54-50-46-42-38-18-16-14-12-10-8-6-4-2/h13,15,19-20,71-72,76-77H,3-12,14,16-18,21-70H2,1-2H3,(H,75,78)/b15-13-,20-19-. The summed E-state index contributed by atoms with van der Waals surface area (Å²) in [6, 6.07) is -0.538. The summed E-state index contributed by atoms with van der Waals surface area (Å²) >= 11 is 0. The molecule has 1 amide bonds. The summed E-state index contributed by atoms with van der Waals surface area (Å²) in [6.45, 7) is 4.97. The molecule has 0 aliphatic rings. The van der Waals surface area contributed by atoms with Crippen molar-refractivity contribution >= 4 is 11.9 Å². The second kappa shape index (κ2) is 69.8. The van der Waals surface area contributed by atoms with E-state index in [1.54, 1.807) is 0 Å². The molecule has 474 valence electrons. The fourth-order valence-corrected chi connectivity index (χ4v) is 11.7. The van der Waals surface area contributed by atoms with Gasteiger partial charge < -0.3 is 20.3 Å². The molecular formula is C74H143NO5. The fourth-order valence-electron chi connectivity index (χ4n) is 11.7. The van der Waals surface area contributed by atoms with Gasteiger partial charge in [0.25, 0.3) is 0 Å². The number of hydrogen-bond acceptors (Lipinski definition) is 5. The van der Waals surface area contributed by atoms with E-state index in [9.17, 15) is 19.8 Å². The predicted molar refractivity (Wildman–Crippen MR) is 352 cm³/mol. The molecule has 0 rings (SSSR count). The van der Waals surface area contributed by atoms with Crippen LogP contribution in [0.25, 0.3) is 0 Å². The molecular weight excluding hydrogens is 983 g/mol. The van der Waals surface area contributed by atoms with Crippen molar-refractivity contribution in [2.75, 3.05) is 13.2 Å². The van der Waals surface area contributed by atoms with Gasteiger partial charge in [-0.1, -0.05) is 366 Å². The second-order valence-corrected chi connectivity index (χ2v) is 25.3. The zero-order valence-electron chi connectivity index (χ0n) is 54.3. The smallest absolute Gasteiger partial charge is 0.305 e. The lowest BCUT2D eigenvalue weighted by atomic mass is 10.0. The molecule has 80 heavy (non-hydrogen) atoms. The van der Waals surface area contributed by atoms with Crippen molar-refractivity contribution in [2.24, 2.45) is 0 Å². The number of carbonyl (C=O) groups excluding carboxylic acids is 2. The Bertz CT molecular complexity index is 1250. The van der Waals surface area contributed by atoms with Gasteiger partial charge in [-0.05, 0) is 57.8 Å². The number of amides is 1. The van der Waals surface area contributed by atoms with E-state index < -0.39 is 12.1 Å². The lowest BCUT2D eigenvalue weighted by Gasteiger charge is -2.22. The molecule has 0 spiro atoms. The van der Waals surface area contributed by atoms with E-state index in [1.165, 1.54) is 327 Å². The molecule has 0 bridgehead atoms. The maximum Gasteiger partial charge on any atom is 0.305 e. The van der Waals surface area contributed by atoms with E-state index in [0.717, 1.165) is 51.4 Å². The third-order valence-corrected chi connectivity index (χ3v) is 17.3. The average molecular weight is 1130 g/mol. The van der Waals surface area contributed by atoms with Crippen molar-refractivity contribution in [1.82, 2.24) is 5.32 Å². The van der Waals surface area contributed by atoms with Crippen molar-refractivity contribution in [1.29, 1.82) is 0 Å². The molecule has 0 aliphatic carbocycles. The van der Waals surface area contributed by atoms with Crippen LogP contribution in [0.5, 0.6) is 0 Å². The first-order chi connectivity index (χ1) is 39.5. The van der Waals surface area contributed by atoms with Crippen LogP contribution < -0.4 is 5.32 Å². The van der Waals surface area contributed by atoms with Crippen LogP contribution in [0.3, 0.4) is 0 Å². The molecule has 0 heterocycles. The van der Waals surface area contributed by atoms with Crippen molar-refractivity contribution in [2.45, 2.75) is 424 Å².